The average Bonchev–Trinajstić information content (AvgIpc) is 3.48. The monoisotopic (exact) mass is 651 g/mol. The Kier molecular flexibility index (Phi) is 11.3. The van der Waals surface area contributed by atoms with Crippen LogP contribution >= 0.6 is 0 Å². The number of alkyl carbamates (subject to hydrolysis) is 1. The number of amides is 2. The molecule has 244 valence electrons. The average molecular weight is 652 g/mol. The molecule has 2 amide bonds. The molecule has 13 nitrogen and oxygen atoms in total. The third-order valence-electron chi connectivity index (χ3n) is 7.35. The number of anilines is 1. The van der Waals surface area contributed by atoms with Crippen LogP contribution in [0.5, 0.6) is 5.88 Å². The molecule has 3 aromatic rings. The van der Waals surface area contributed by atoms with E-state index in [2.05, 4.69) is 28.2 Å². The van der Waals surface area contributed by atoms with E-state index in [9.17, 15) is 22.8 Å². The van der Waals surface area contributed by atoms with E-state index >= 15 is 0 Å². The summed E-state index contributed by atoms with van der Waals surface area (Å²) in [4.78, 5) is 44.9. The molecule has 1 aliphatic heterocycles. The molecule has 1 aliphatic rings. The lowest BCUT2D eigenvalue weighted by Crippen LogP contribution is -2.56. The molecule has 4 rings (SSSR count). The lowest BCUT2D eigenvalue weighted by atomic mass is 10.1. The van der Waals surface area contributed by atoms with Gasteiger partial charge in [-0.15, -0.1) is 6.58 Å². The van der Waals surface area contributed by atoms with Crippen molar-refractivity contribution < 1.29 is 37.0 Å². The van der Waals surface area contributed by atoms with Crippen molar-refractivity contribution in [2.24, 2.45) is 0 Å². The largest absolute Gasteiger partial charge is 0.472 e. The second-order valence-electron chi connectivity index (χ2n) is 10.5. The Morgan fingerprint density at radius 1 is 1.17 bits per heavy atom. The normalized spacial score (nSPS) is 16.8. The molecule has 0 radical (unpaired) electrons. The molecule has 4 N–H and O–H groups in total. The van der Waals surface area contributed by atoms with Gasteiger partial charge >= 0.3 is 12.1 Å². The smallest absolute Gasteiger partial charge is 0.407 e. The second-order valence-corrected chi connectivity index (χ2v) is 12.2. The summed E-state index contributed by atoms with van der Waals surface area (Å²) in [6.07, 6.45) is 4.48. The van der Waals surface area contributed by atoms with Gasteiger partial charge < -0.3 is 30.2 Å². The molecule has 14 heteroatoms. The van der Waals surface area contributed by atoms with Crippen LogP contribution < -0.4 is 20.5 Å². The topological polar surface area (TPSA) is 179 Å². The zero-order valence-corrected chi connectivity index (χ0v) is 26.2. The number of esters is 1. The van der Waals surface area contributed by atoms with Gasteiger partial charge in [0.25, 0.3) is 0 Å². The van der Waals surface area contributed by atoms with Gasteiger partial charge in [0, 0.05) is 24.5 Å². The number of hydrogen-bond donors (Lipinski definition) is 3. The highest BCUT2D eigenvalue weighted by atomic mass is 32.2. The zero-order valence-electron chi connectivity index (χ0n) is 25.4. The lowest BCUT2D eigenvalue weighted by Gasteiger charge is -2.27. The number of nitrogens with one attached hydrogen (secondary N) is 2. The number of ether oxygens (including phenoxy) is 3. The number of sulfonamides is 1. The van der Waals surface area contributed by atoms with Crippen LogP contribution in [0.25, 0.3) is 16.8 Å². The third-order valence-corrected chi connectivity index (χ3v) is 8.85. The Balaban J connectivity index is 1.58. The first kappa shape index (κ1) is 33.9. The Bertz CT molecular complexity index is 1710. The van der Waals surface area contributed by atoms with E-state index in [-0.39, 0.29) is 30.2 Å². The summed E-state index contributed by atoms with van der Waals surface area (Å²) < 4.78 is 44.9. The van der Waals surface area contributed by atoms with Crippen molar-refractivity contribution in [2.45, 2.75) is 42.3 Å². The maximum absolute atomic E-state index is 14.0. The summed E-state index contributed by atoms with van der Waals surface area (Å²) >= 11 is 0. The molecule has 0 spiro atoms. The van der Waals surface area contributed by atoms with Gasteiger partial charge in [0.15, 0.2) is 0 Å². The summed E-state index contributed by atoms with van der Waals surface area (Å²) in [5, 5.41) is 4.02. The van der Waals surface area contributed by atoms with E-state index in [0.29, 0.717) is 24.1 Å². The van der Waals surface area contributed by atoms with Crippen molar-refractivity contribution in [1.82, 2.24) is 19.9 Å². The first-order valence-electron chi connectivity index (χ1n) is 14.5. The van der Waals surface area contributed by atoms with Crippen LogP contribution in [0.1, 0.15) is 24.8 Å². The molecule has 2 heterocycles. The Hall–Kier alpha value is -4.95. The van der Waals surface area contributed by atoms with Crippen molar-refractivity contribution >= 4 is 50.5 Å². The van der Waals surface area contributed by atoms with Crippen molar-refractivity contribution in [3.05, 3.63) is 79.5 Å². The summed E-state index contributed by atoms with van der Waals surface area (Å²) in [6.45, 7) is 6.82. The van der Waals surface area contributed by atoms with E-state index < -0.39 is 52.7 Å². The van der Waals surface area contributed by atoms with E-state index in [1.165, 1.54) is 30.2 Å². The SMILES string of the molecule is C=CCCCOC(=O)N[C@@H](CNS(=O)(=O)c1ccccc1N)C(=O)N1C[C@H](Oc2nccc3ccc(C=C)cc23)C[C@H]1C(=O)OC. The van der Waals surface area contributed by atoms with E-state index in [1.54, 1.807) is 24.4 Å². The number of rotatable bonds is 14. The number of carbonyl (C=O) groups is 3. The van der Waals surface area contributed by atoms with Gasteiger partial charge in [0.1, 0.15) is 23.1 Å². The van der Waals surface area contributed by atoms with Crippen molar-refractivity contribution in [2.75, 3.05) is 32.5 Å². The lowest BCUT2D eigenvalue weighted by molar-refractivity contribution is -0.151. The number of carbonyl (C=O) groups excluding carboxylic acids is 3. The first-order valence-corrected chi connectivity index (χ1v) is 16.0. The molecular weight excluding hydrogens is 614 g/mol. The number of benzene rings is 2. The second kappa shape index (κ2) is 15.4. The number of allylic oxidation sites excluding steroid dienone is 1. The molecule has 46 heavy (non-hydrogen) atoms. The Morgan fingerprint density at radius 2 is 1.96 bits per heavy atom. The third kappa shape index (κ3) is 8.20. The standard InChI is InChI=1S/C32H37N5O8S/c1-4-6-9-16-44-32(40)36-26(19-35-46(41,42)28-11-8-7-10-25(28)33)30(38)37-20-23(18-27(37)31(39)43-3)45-29-24-17-21(5-2)12-13-22(24)14-15-34-29/h4-5,7-8,10-15,17,23,26-27,35H,1-2,6,9,16,18-20,33H2,3H3,(H,36,40)/t23-,26+,27+/m1/s1. The molecule has 3 atom stereocenters. The summed E-state index contributed by atoms with van der Waals surface area (Å²) in [5.41, 5.74) is 6.72. The summed E-state index contributed by atoms with van der Waals surface area (Å²) in [7, 11) is -3.00. The van der Waals surface area contributed by atoms with Crippen LogP contribution in [0.4, 0.5) is 10.5 Å². The highest BCUT2D eigenvalue weighted by Gasteiger charge is 2.44. The molecule has 0 bridgehead atoms. The number of unbranched alkanes of at least 4 members (excludes halogenated alkanes) is 1. The quantitative estimate of drug-likeness (QED) is 0.102. The Labute approximate surface area is 267 Å². The molecule has 0 aliphatic carbocycles. The number of nitrogen functional groups attached to an aromatic ring is 1. The minimum atomic E-state index is -4.20. The zero-order chi connectivity index (χ0) is 33.3. The van der Waals surface area contributed by atoms with Gasteiger partial charge in [-0.2, -0.15) is 0 Å². The molecule has 0 saturated carbocycles. The fourth-order valence-corrected chi connectivity index (χ4v) is 6.17. The molecule has 1 saturated heterocycles. The predicted molar refractivity (Wildman–Crippen MR) is 172 cm³/mol. The fourth-order valence-electron chi connectivity index (χ4n) is 5.00. The highest BCUT2D eigenvalue weighted by Crippen LogP contribution is 2.29. The number of pyridine rings is 1. The number of likely N-dealkylation sites (tertiary alicyclic amines) is 1. The van der Waals surface area contributed by atoms with Gasteiger partial charge in [-0.1, -0.05) is 43.0 Å². The highest BCUT2D eigenvalue weighted by molar-refractivity contribution is 7.89. The predicted octanol–water partition coefficient (Wildman–Crippen LogP) is 3.02. The van der Waals surface area contributed by atoms with E-state index in [4.69, 9.17) is 19.9 Å². The van der Waals surface area contributed by atoms with Crippen LogP contribution in [0, 0.1) is 0 Å². The van der Waals surface area contributed by atoms with E-state index in [0.717, 1.165) is 10.9 Å². The van der Waals surface area contributed by atoms with Crippen LogP contribution in [-0.2, 0) is 29.1 Å². The minimum absolute atomic E-state index is 0.00000861. The molecular formula is C32H37N5O8S. The van der Waals surface area contributed by atoms with Gasteiger partial charge in [-0.05, 0) is 48.1 Å². The number of nitrogens with zero attached hydrogens (tertiary/aromatic N) is 2. The molecule has 1 fully saturated rings. The Morgan fingerprint density at radius 3 is 2.67 bits per heavy atom. The number of para-hydroxylation sites is 1. The number of hydrogen-bond acceptors (Lipinski definition) is 10. The van der Waals surface area contributed by atoms with Gasteiger partial charge in [-0.3, -0.25) is 4.79 Å². The number of methoxy groups -OCH3 is 1. The minimum Gasteiger partial charge on any atom is -0.472 e. The molecule has 1 aromatic heterocycles. The van der Waals surface area contributed by atoms with Crippen LogP contribution in [0.3, 0.4) is 0 Å². The summed E-state index contributed by atoms with van der Waals surface area (Å²) in [6, 6.07) is 10.8. The van der Waals surface area contributed by atoms with Gasteiger partial charge in [0.05, 0.1) is 25.9 Å². The summed E-state index contributed by atoms with van der Waals surface area (Å²) in [5.74, 6) is -1.16. The van der Waals surface area contributed by atoms with Gasteiger partial charge in [0.2, 0.25) is 21.8 Å². The first-order chi connectivity index (χ1) is 22.1. The van der Waals surface area contributed by atoms with Crippen molar-refractivity contribution in [1.29, 1.82) is 0 Å². The van der Waals surface area contributed by atoms with E-state index in [1.807, 2.05) is 24.3 Å². The number of nitrogens with two attached hydrogens (primary N) is 1. The maximum Gasteiger partial charge on any atom is 0.407 e. The van der Waals surface area contributed by atoms with Crippen LogP contribution in [0.2, 0.25) is 0 Å². The fraction of sp³-hybridized carbons (Fsp3) is 0.312. The van der Waals surface area contributed by atoms with Gasteiger partial charge in [-0.25, -0.2) is 27.7 Å². The van der Waals surface area contributed by atoms with Crippen molar-refractivity contribution in [3.63, 3.8) is 0 Å². The van der Waals surface area contributed by atoms with Crippen LogP contribution in [0.15, 0.2) is 78.9 Å². The van der Waals surface area contributed by atoms with Crippen LogP contribution in [-0.4, -0.2) is 81.3 Å². The number of aromatic nitrogens is 1. The number of fused-ring (bicyclic) bond motifs is 1. The van der Waals surface area contributed by atoms with Crippen molar-refractivity contribution in [3.8, 4) is 5.88 Å². The maximum atomic E-state index is 14.0. The molecule has 0 unspecified atom stereocenters. The molecule has 2 aromatic carbocycles.